The van der Waals surface area contributed by atoms with Crippen LogP contribution >= 0.6 is 0 Å². The molecule has 2 aromatic carbocycles. The smallest absolute Gasteiger partial charge is 0.191 e. The van der Waals surface area contributed by atoms with Crippen LogP contribution in [0.3, 0.4) is 0 Å². The van der Waals surface area contributed by atoms with E-state index in [1.165, 1.54) is 31.2 Å². The molecular formula is C24H32NO2Y+. The van der Waals surface area contributed by atoms with E-state index >= 15 is 0 Å². The molecule has 0 aliphatic carbocycles. The molecule has 0 aromatic heterocycles. The summed E-state index contributed by atoms with van der Waals surface area (Å²) in [6, 6.07) is 14.1. The number of Topliss-reactive ketones (excluding diaryl/α,β-unsaturated/α-hetero) is 1. The van der Waals surface area contributed by atoms with Crippen LogP contribution in [0.1, 0.15) is 47.9 Å². The van der Waals surface area contributed by atoms with Gasteiger partial charge in [0.15, 0.2) is 5.78 Å². The van der Waals surface area contributed by atoms with E-state index < -0.39 is 0 Å². The monoisotopic (exact) mass is 455 g/mol. The van der Waals surface area contributed by atoms with Gasteiger partial charge in [-0.25, -0.2) is 0 Å². The number of aromatic hydroxyl groups is 1. The van der Waals surface area contributed by atoms with E-state index in [2.05, 4.69) is 30.3 Å². The molecule has 28 heavy (non-hydrogen) atoms. The first-order valence-electron chi connectivity index (χ1n) is 10.2. The van der Waals surface area contributed by atoms with Crippen LogP contribution in [-0.2, 0) is 50.5 Å². The number of aryl methyl sites for hydroxylation is 2. The minimum atomic E-state index is 0. The molecule has 0 saturated carbocycles. The van der Waals surface area contributed by atoms with Crippen LogP contribution in [0.25, 0.3) is 0 Å². The number of nitrogens with zero attached hydrogens (tertiary/aromatic N) is 1. The summed E-state index contributed by atoms with van der Waals surface area (Å²) in [6.45, 7) is 7.70. The van der Waals surface area contributed by atoms with E-state index in [9.17, 15) is 9.90 Å². The summed E-state index contributed by atoms with van der Waals surface area (Å²) < 4.78 is 0.888. The van der Waals surface area contributed by atoms with Gasteiger partial charge in [-0.15, -0.1) is 0 Å². The van der Waals surface area contributed by atoms with E-state index in [1.807, 2.05) is 13.8 Å². The molecule has 1 aliphatic heterocycles. The molecule has 2 aromatic rings. The third kappa shape index (κ3) is 6.24. The minimum Gasteiger partial charge on any atom is -0.508 e. The Morgan fingerprint density at radius 3 is 2.11 bits per heavy atom. The van der Waals surface area contributed by atoms with Gasteiger partial charge in [-0.1, -0.05) is 30.3 Å². The van der Waals surface area contributed by atoms with E-state index in [0.29, 0.717) is 18.7 Å². The molecule has 1 radical (unpaired) electrons. The average Bonchev–Trinajstić information content (AvgIpc) is 2.84. The van der Waals surface area contributed by atoms with E-state index in [1.54, 1.807) is 12.1 Å². The maximum atomic E-state index is 13.1. The fourth-order valence-electron chi connectivity index (χ4n) is 4.58. The average molecular weight is 455 g/mol. The van der Waals surface area contributed by atoms with E-state index in [4.69, 9.17) is 0 Å². The summed E-state index contributed by atoms with van der Waals surface area (Å²) in [7, 11) is 0. The van der Waals surface area contributed by atoms with Crippen LogP contribution in [0.2, 0.25) is 0 Å². The number of likely N-dealkylation sites (tertiary alicyclic amines) is 1. The molecule has 1 aliphatic rings. The van der Waals surface area contributed by atoms with Gasteiger partial charge in [0, 0.05) is 44.7 Å². The Bertz CT molecular complexity index is 757. The number of hydrogen-bond donors (Lipinski definition) is 1. The summed E-state index contributed by atoms with van der Waals surface area (Å²) in [5, 5.41) is 9.76. The summed E-state index contributed by atoms with van der Waals surface area (Å²) in [5.74, 6) is 0.589. The molecule has 0 bridgehead atoms. The van der Waals surface area contributed by atoms with Gasteiger partial charge in [0.05, 0.1) is 13.1 Å². The van der Waals surface area contributed by atoms with Crippen LogP contribution < -0.4 is 0 Å². The van der Waals surface area contributed by atoms with E-state index in [0.717, 1.165) is 40.8 Å². The maximum Gasteiger partial charge on any atom is 0.191 e. The SMILES string of the molecule is Cc1cc(O)cc(C)c1CC(=O)C[N+]1(Cc2ccccc2)CCCCCC1.[Y]. The molecule has 1 fully saturated rings. The Labute approximate surface area is 194 Å². The minimum absolute atomic E-state index is 0. The standard InChI is InChI=1S/C24H31NO2.Y/c1-19-14-22(26)15-20(2)24(19)16-23(27)18-25(12-8-3-4-9-13-25)17-21-10-6-5-7-11-21;/h5-7,10-11,14-15H,3-4,8-9,12-13,16-18H2,1-2H3;/p+1. The van der Waals surface area contributed by atoms with Crippen molar-refractivity contribution in [3.8, 4) is 5.75 Å². The second-order valence-corrected chi connectivity index (χ2v) is 8.28. The van der Waals surface area contributed by atoms with Gasteiger partial charge < -0.3 is 9.59 Å². The second kappa shape index (κ2) is 10.7. The van der Waals surface area contributed by atoms with Gasteiger partial charge in [-0.2, -0.15) is 0 Å². The van der Waals surface area contributed by atoms with E-state index in [-0.39, 0.29) is 38.5 Å². The zero-order chi connectivity index (χ0) is 19.3. The maximum absolute atomic E-state index is 13.1. The van der Waals surface area contributed by atoms with Crippen molar-refractivity contribution in [3.05, 3.63) is 64.7 Å². The molecule has 3 nitrogen and oxygen atoms in total. The van der Waals surface area contributed by atoms with Crippen LogP contribution in [0.4, 0.5) is 0 Å². The fraction of sp³-hybridized carbons (Fsp3) is 0.458. The molecule has 4 heteroatoms. The number of rotatable bonds is 6. The Morgan fingerprint density at radius 2 is 1.54 bits per heavy atom. The topological polar surface area (TPSA) is 37.3 Å². The molecule has 147 valence electrons. The van der Waals surface area contributed by atoms with Crippen molar-refractivity contribution in [2.75, 3.05) is 19.6 Å². The number of carbonyl (C=O) groups is 1. The summed E-state index contributed by atoms with van der Waals surface area (Å²) >= 11 is 0. The molecule has 0 spiro atoms. The van der Waals surface area contributed by atoms with Crippen LogP contribution in [0.15, 0.2) is 42.5 Å². The number of benzene rings is 2. The van der Waals surface area contributed by atoms with Gasteiger partial charge in [-0.05, 0) is 68.4 Å². The number of ketones is 1. The van der Waals surface area contributed by atoms with Gasteiger partial charge in [0.25, 0.3) is 0 Å². The second-order valence-electron chi connectivity index (χ2n) is 8.28. The molecule has 0 amide bonds. The fourth-order valence-corrected chi connectivity index (χ4v) is 4.58. The Hall–Kier alpha value is -1.03. The molecule has 0 atom stereocenters. The van der Waals surface area contributed by atoms with Crippen LogP contribution in [0.5, 0.6) is 5.75 Å². The summed E-state index contributed by atoms with van der Waals surface area (Å²) in [5.41, 5.74) is 4.41. The first kappa shape index (κ1) is 23.3. The molecule has 3 rings (SSSR count). The Morgan fingerprint density at radius 1 is 0.964 bits per heavy atom. The van der Waals surface area contributed by atoms with Gasteiger partial charge in [0.2, 0.25) is 0 Å². The third-order valence-corrected chi connectivity index (χ3v) is 5.94. The van der Waals surface area contributed by atoms with Crippen molar-refractivity contribution < 1.29 is 47.1 Å². The first-order valence-corrected chi connectivity index (χ1v) is 10.2. The predicted octanol–water partition coefficient (Wildman–Crippen LogP) is 4.71. The summed E-state index contributed by atoms with van der Waals surface area (Å²) in [6.07, 6.45) is 5.43. The largest absolute Gasteiger partial charge is 0.508 e. The number of phenols is 1. The quantitative estimate of drug-likeness (QED) is 0.641. The van der Waals surface area contributed by atoms with Crippen molar-refractivity contribution in [3.63, 3.8) is 0 Å². The first-order chi connectivity index (χ1) is 13.0. The number of phenolic OH excluding ortho intramolecular Hbond substituents is 1. The predicted molar refractivity (Wildman–Crippen MR) is 110 cm³/mol. The zero-order valence-corrected chi connectivity index (χ0v) is 20.1. The van der Waals surface area contributed by atoms with Crippen molar-refractivity contribution >= 4 is 5.78 Å². The number of hydrogen-bond acceptors (Lipinski definition) is 2. The zero-order valence-electron chi connectivity index (χ0n) is 17.3. The van der Waals surface area contributed by atoms with Crippen molar-refractivity contribution in [1.82, 2.24) is 0 Å². The molecule has 1 heterocycles. The van der Waals surface area contributed by atoms with Gasteiger partial charge in [-0.3, -0.25) is 4.79 Å². The van der Waals surface area contributed by atoms with Gasteiger partial charge in [0.1, 0.15) is 18.8 Å². The normalized spacial score (nSPS) is 16.1. The molecule has 0 unspecified atom stereocenters. The van der Waals surface area contributed by atoms with Crippen molar-refractivity contribution in [2.24, 2.45) is 0 Å². The third-order valence-electron chi connectivity index (χ3n) is 5.94. The molecule has 1 saturated heterocycles. The van der Waals surface area contributed by atoms with Crippen LogP contribution in [0, 0.1) is 13.8 Å². The van der Waals surface area contributed by atoms with Gasteiger partial charge >= 0.3 is 0 Å². The van der Waals surface area contributed by atoms with Crippen molar-refractivity contribution in [1.29, 1.82) is 0 Å². The number of carbonyl (C=O) groups excluding carboxylic acids is 1. The summed E-state index contributed by atoms with van der Waals surface area (Å²) in [4.78, 5) is 13.1. The molecular weight excluding hydrogens is 423 g/mol. The van der Waals surface area contributed by atoms with Crippen LogP contribution in [-0.4, -0.2) is 35.0 Å². The Balaban J connectivity index is 0.00000280. The van der Waals surface area contributed by atoms with Crippen molar-refractivity contribution in [2.45, 2.75) is 52.5 Å². The number of quaternary nitrogens is 1. The Kier molecular flexibility index (Phi) is 8.86. The molecule has 1 N–H and O–H groups in total.